The van der Waals surface area contributed by atoms with Crippen LogP contribution in [-0.4, -0.2) is 29.7 Å². The van der Waals surface area contributed by atoms with Crippen LogP contribution in [0.4, 0.5) is 5.69 Å². The molecule has 0 aliphatic heterocycles. The Balaban J connectivity index is 2.61. The van der Waals surface area contributed by atoms with Crippen molar-refractivity contribution in [2.45, 2.75) is 6.92 Å². The molecule has 0 heterocycles. The van der Waals surface area contributed by atoms with Crippen LogP contribution in [0.1, 0.15) is 17.3 Å². The van der Waals surface area contributed by atoms with E-state index in [-0.39, 0.29) is 11.7 Å². The maximum absolute atomic E-state index is 11.6. The predicted molar refractivity (Wildman–Crippen MR) is 71.5 cm³/mol. The van der Waals surface area contributed by atoms with Crippen LogP contribution in [0.5, 0.6) is 0 Å². The molecule has 5 heteroatoms. The van der Waals surface area contributed by atoms with E-state index in [1.54, 1.807) is 24.3 Å². The Morgan fingerprint density at radius 2 is 2.06 bits per heavy atom. The number of para-hydroxylation sites is 1. The zero-order valence-electron chi connectivity index (χ0n) is 9.73. The highest BCUT2D eigenvalue weighted by Crippen LogP contribution is 2.15. The highest BCUT2D eigenvalue weighted by molar-refractivity contribution is 7.99. The molecule has 17 heavy (non-hydrogen) atoms. The summed E-state index contributed by atoms with van der Waals surface area (Å²) >= 11 is 1.47. The second-order valence-electron chi connectivity index (χ2n) is 3.49. The summed E-state index contributed by atoms with van der Waals surface area (Å²) in [6.07, 6.45) is 0. The van der Waals surface area contributed by atoms with E-state index in [1.165, 1.54) is 18.7 Å². The summed E-state index contributed by atoms with van der Waals surface area (Å²) in [5.41, 5.74) is 6.43. The van der Waals surface area contributed by atoms with Gasteiger partial charge in [0.25, 0.3) is 0 Å². The van der Waals surface area contributed by atoms with E-state index in [9.17, 15) is 9.59 Å². The first-order chi connectivity index (χ1) is 8.15. The molecule has 4 nitrogen and oxygen atoms in total. The van der Waals surface area contributed by atoms with Crippen molar-refractivity contribution < 1.29 is 9.59 Å². The fourth-order valence-electron chi connectivity index (χ4n) is 1.33. The van der Waals surface area contributed by atoms with Gasteiger partial charge >= 0.3 is 0 Å². The molecule has 0 aliphatic carbocycles. The Morgan fingerprint density at radius 3 is 2.71 bits per heavy atom. The van der Waals surface area contributed by atoms with Gasteiger partial charge in [-0.15, -0.1) is 0 Å². The average molecular weight is 252 g/mol. The van der Waals surface area contributed by atoms with Crippen molar-refractivity contribution in [2.24, 2.45) is 5.73 Å². The number of rotatable bonds is 6. The lowest BCUT2D eigenvalue weighted by Crippen LogP contribution is -2.17. The quantitative estimate of drug-likeness (QED) is 0.595. The maximum Gasteiger partial charge on any atom is 0.234 e. The standard InChI is InChI=1S/C12H16N2O2S/c1-9(15)10-4-2-3-5-11(10)14-12(16)8-17-7-6-13/h2-5H,6-8,13H2,1H3,(H,14,16). The van der Waals surface area contributed by atoms with Crippen molar-refractivity contribution >= 4 is 29.1 Å². The lowest BCUT2D eigenvalue weighted by Gasteiger charge is -2.08. The first-order valence-electron chi connectivity index (χ1n) is 5.32. The minimum atomic E-state index is -0.114. The largest absolute Gasteiger partial charge is 0.330 e. The van der Waals surface area contributed by atoms with Gasteiger partial charge in [0, 0.05) is 17.9 Å². The summed E-state index contributed by atoms with van der Waals surface area (Å²) in [5, 5.41) is 2.73. The molecule has 0 aliphatic rings. The van der Waals surface area contributed by atoms with Crippen molar-refractivity contribution in [3.8, 4) is 0 Å². The van der Waals surface area contributed by atoms with E-state index in [0.29, 0.717) is 23.5 Å². The Bertz CT molecular complexity index is 407. The lowest BCUT2D eigenvalue weighted by molar-refractivity contribution is -0.113. The van der Waals surface area contributed by atoms with Gasteiger partial charge < -0.3 is 11.1 Å². The fraction of sp³-hybridized carbons (Fsp3) is 0.333. The zero-order chi connectivity index (χ0) is 12.7. The molecular formula is C12H16N2O2S. The smallest absolute Gasteiger partial charge is 0.234 e. The average Bonchev–Trinajstić information content (AvgIpc) is 2.29. The molecule has 0 saturated carbocycles. The molecule has 0 spiro atoms. The number of amides is 1. The van der Waals surface area contributed by atoms with Crippen molar-refractivity contribution in [3.05, 3.63) is 29.8 Å². The van der Waals surface area contributed by atoms with E-state index in [1.807, 2.05) is 0 Å². The van der Waals surface area contributed by atoms with Gasteiger partial charge in [0.15, 0.2) is 5.78 Å². The molecule has 1 aromatic rings. The van der Waals surface area contributed by atoms with Gasteiger partial charge in [0.05, 0.1) is 11.4 Å². The number of carbonyl (C=O) groups excluding carboxylic acids is 2. The van der Waals surface area contributed by atoms with Crippen molar-refractivity contribution in [1.82, 2.24) is 0 Å². The van der Waals surface area contributed by atoms with Crippen LogP contribution < -0.4 is 11.1 Å². The number of Topliss-reactive ketones (excluding diaryl/α,β-unsaturated/α-hetero) is 1. The second-order valence-corrected chi connectivity index (χ2v) is 4.60. The molecule has 1 amide bonds. The molecule has 0 atom stereocenters. The summed E-state index contributed by atoms with van der Waals surface area (Å²) in [4.78, 5) is 22.9. The van der Waals surface area contributed by atoms with Crippen LogP contribution in [0.2, 0.25) is 0 Å². The first-order valence-corrected chi connectivity index (χ1v) is 6.48. The molecular weight excluding hydrogens is 236 g/mol. The third-order valence-corrected chi connectivity index (χ3v) is 3.07. The van der Waals surface area contributed by atoms with Gasteiger partial charge in [-0.3, -0.25) is 9.59 Å². The fourth-order valence-corrected chi connectivity index (χ4v) is 1.90. The number of ketones is 1. The van der Waals surface area contributed by atoms with Gasteiger partial charge in [-0.1, -0.05) is 12.1 Å². The molecule has 0 unspecified atom stereocenters. The number of nitrogens with one attached hydrogen (secondary N) is 1. The molecule has 3 N–H and O–H groups in total. The topological polar surface area (TPSA) is 72.2 Å². The summed E-state index contributed by atoms with van der Waals surface area (Å²) in [6, 6.07) is 6.98. The minimum Gasteiger partial charge on any atom is -0.330 e. The van der Waals surface area contributed by atoms with Gasteiger partial charge in [0.2, 0.25) is 5.91 Å². The summed E-state index contributed by atoms with van der Waals surface area (Å²) < 4.78 is 0. The van der Waals surface area contributed by atoms with E-state index in [4.69, 9.17) is 5.73 Å². The highest BCUT2D eigenvalue weighted by Gasteiger charge is 2.09. The zero-order valence-corrected chi connectivity index (χ0v) is 10.5. The van der Waals surface area contributed by atoms with Crippen LogP contribution in [-0.2, 0) is 4.79 Å². The molecule has 1 aromatic carbocycles. The highest BCUT2D eigenvalue weighted by atomic mass is 32.2. The molecule has 0 saturated heterocycles. The summed E-state index contributed by atoms with van der Waals surface area (Å²) in [7, 11) is 0. The Kier molecular flexibility index (Phi) is 5.72. The molecule has 0 bridgehead atoms. The van der Waals surface area contributed by atoms with Crippen molar-refractivity contribution in [3.63, 3.8) is 0 Å². The monoisotopic (exact) mass is 252 g/mol. The van der Waals surface area contributed by atoms with E-state index in [2.05, 4.69) is 5.32 Å². The second kappa shape index (κ2) is 7.09. The normalized spacial score (nSPS) is 10.0. The molecule has 92 valence electrons. The first kappa shape index (κ1) is 13.7. The Hall–Kier alpha value is -1.33. The number of carbonyl (C=O) groups is 2. The summed E-state index contributed by atoms with van der Waals surface area (Å²) in [6.45, 7) is 2.04. The minimum absolute atomic E-state index is 0.0597. The number of thioether (sulfide) groups is 1. The summed E-state index contributed by atoms with van der Waals surface area (Å²) in [5.74, 6) is 0.929. The third kappa shape index (κ3) is 4.58. The van der Waals surface area contributed by atoms with Crippen molar-refractivity contribution in [2.75, 3.05) is 23.4 Å². The molecule has 0 aromatic heterocycles. The Morgan fingerprint density at radius 1 is 1.35 bits per heavy atom. The van der Waals surface area contributed by atoms with Gasteiger partial charge in [-0.2, -0.15) is 11.8 Å². The molecule has 1 rings (SSSR count). The van der Waals surface area contributed by atoms with Crippen molar-refractivity contribution in [1.29, 1.82) is 0 Å². The number of hydrogen-bond donors (Lipinski definition) is 2. The number of anilines is 1. The van der Waals surface area contributed by atoms with Crippen LogP contribution in [0.3, 0.4) is 0 Å². The lowest BCUT2D eigenvalue weighted by atomic mass is 10.1. The molecule has 0 fully saturated rings. The van der Waals surface area contributed by atoms with Gasteiger partial charge in [0.1, 0.15) is 0 Å². The van der Waals surface area contributed by atoms with Crippen LogP contribution in [0.25, 0.3) is 0 Å². The number of benzene rings is 1. The third-order valence-electron chi connectivity index (χ3n) is 2.08. The van der Waals surface area contributed by atoms with Gasteiger partial charge in [-0.25, -0.2) is 0 Å². The van der Waals surface area contributed by atoms with E-state index in [0.717, 1.165) is 5.75 Å². The van der Waals surface area contributed by atoms with Gasteiger partial charge in [-0.05, 0) is 19.1 Å². The maximum atomic E-state index is 11.6. The van der Waals surface area contributed by atoms with Crippen LogP contribution in [0, 0.1) is 0 Å². The number of nitrogens with two attached hydrogens (primary N) is 1. The van der Waals surface area contributed by atoms with Crippen LogP contribution >= 0.6 is 11.8 Å². The predicted octanol–water partition coefficient (Wildman–Crippen LogP) is 1.52. The van der Waals surface area contributed by atoms with Crippen LogP contribution in [0.15, 0.2) is 24.3 Å². The van der Waals surface area contributed by atoms with E-state index >= 15 is 0 Å². The van der Waals surface area contributed by atoms with E-state index < -0.39 is 0 Å². The number of hydrogen-bond acceptors (Lipinski definition) is 4. The Labute approximate surface area is 105 Å². The molecule has 0 radical (unpaired) electrons. The SMILES string of the molecule is CC(=O)c1ccccc1NC(=O)CSCCN.